The Morgan fingerprint density at radius 3 is 3.40 bits per heavy atom. The van der Waals surface area contributed by atoms with Gasteiger partial charge in [0.25, 0.3) is 0 Å². The van der Waals surface area contributed by atoms with E-state index in [1.807, 2.05) is 0 Å². The van der Waals surface area contributed by atoms with Gasteiger partial charge in [0.15, 0.2) is 0 Å². The standard InChI is InChI=1S/C6H9NO3/c8-6-1-5-7-2-4(10-5)3-9-6/h4-5,7H,1-3H2/t4-,5-/m1/s1. The predicted molar refractivity (Wildman–Crippen MR) is 32.2 cm³/mol. The van der Waals surface area contributed by atoms with Crippen LogP contribution in [-0.2, 0) is 14.3 Å². The molecule has 56 valence electrons. The molecule has 0 aliphatic carbocycles. The van der Waals surface area contributed by atoms with Crippen molar-refractivity contribution < 1.29 is 14.3 Å². The van der Waals surface area contributed by atoms with Crippen LogP contribution in [-0.4, -0.2) is 31.5 Å². The second-order valence-electron chi connectivity index (χ2n) is 2.54. The highest BCUT2D eigenvalue weighted by molar-refractivity contribution is 5.70. The SMILES string of the molecule is O=C1C[C@@H]2NC[C@H](CO1)O2. The lowest BCUT2D eigenvalue weighted by Gasteiger charge is -2.05. The van der Waals surface area contributed by atoms with E-state index in [1.165, 1.54) is 0 Å². The molecule has 10 heavy (non-hydrogen) atoms. The van der Waals surface area contributed by atoms with Gasteiger partial charge in [0.2, 0.25) is 0 Å². The lowest BCUT2D eigenvalue weighted by atomic mass is 10.3. The van der Waals surface area contributed by atoms with Crippen molar-refractivity contribution in [3.63, 3.8) is 0 Å². The fourth-order valence-corrected chi connectivity index (χ4v) is 1.21. The third-order valence-electron chi connectivity index (χ3n) is 1.71. The fraction of sp³-hybridized carbons (Fsp3) is 0.833. The molecular formula is C6H9NO3. The fourth-order valence-electron chi connectivity index (χ4n) is 1.21. The lowest BCUT2D eigenvalue weighted by Crippen LogP contribution is -2.28. The molecule has 4 heteroatoms. The third-order valence-corrected chi connectivity index (χ3v) is 1.71. The van der Waals surface area contributed by atoms with Crippen LogP contribution in [0.15, 0.2) is 0 Å². The lowest BCUT2D eigenvalue weighted by molar-refractivity contribution is -0.143. The molecule has 2 rings (SSSR count). The molecule has 0 aromatic rings. The summed E-state index contributed by atoms with van der Waals surface area (Å²) < 4.78 is 10.2. The third kappa shape index (κ3) is 0.998. The number of hydrogen-bond donors (Lipinski definition) is 1. The highest BCUT2D eigenvalue weighted by Crippen LogP contribution is 2.13. The van der Waals surface area contributed by atoms with Gasteiger partial charge in [-0.15, -0.1) is 0 Å². The Balaban J connectivity index is 2.05. The van der Waals surface area contributed by atoms with Crippen molar-refractivity contribution in [2.45, 2.75) is 18.8 Å². The van der Waals surface area contributed by atoms with Crippen LogP contribution >= 0.6 is 0 Å². The van der Waals surface area contributed by atoms with Crippen molar-refractivity contribution >= 4 is 5.97 Å². The van der Waals surface area contributed by atoms with Crippen LogP contribution in [0.2, 0.25) is 0 Å². The van der Waals surface area contributed by atoms with E-state index in [0.29, 0.717) is 13.0 Å². The van der Waals surface area contributed by atoms with Gasteiger partial charge in [-0.25, -0.2) is 0 Å². The maximum Gasteiger partial charge on any atom is 0.309 e. The summed E-state index contributed by atoms with van der Waals surface area (Å²) in [5.41, 5.74) is 0. The molecule has 4 nitrogen and oxygen atoms in total. The molecule has 2 saturated heterocycles. The number of fused-ring (bicyclic) bond motifs is 2. The summed E-state index contributed by atoms with van der Waals surface area (Å²) in [4.78, 5) is 10.7. The smallest absolute Gasteiger partial charge is 0.309 e. The van der Waals surface area contributed by atoms with E-state index in [9.17, 15) is 4.79 Å². The van der Waals surface area contributed by atoms with Crippen LogP contribution in [0.4, 0.5) is 0 Å². The number of carbonyl (C=O) groups excluding carboxylic acids is 1. The highest BCUT2D eigenvalue weighted by atomic mass is 16.6. The van der Waals surface area contributed by atoms with Gasteiger partial charge < -0.3 is 9.47 Å². The molecule has 1 N–H and O–H groups in total. The van der Waals surface area contributed by atoms with Gasteiger partial charge in [-0.2, -0.15) is 0 Å². The zero-order chi connectivity index (χ0) is 6.97. The molecule has 2 heterocycles. The van der Waals surface area contributed by atoms with Gasteiger partial charge in [-0.05, 0) is 0 Å². The largest absolute Gasteiger partial charge is 0.463 e. The van der Waals surface area contributed by atoms with Gasteiger partial charge in [0, 0.05) is 6.54 Å². The molecule has 0 spiro atoms. The van der Waals surface area contributed by atoms with Crippen molar-refractivity contribution in [3.8, 4) is 0 Å². The predicted octanol–water partition coefficient (Wildman–Crippen LogP) is -0.752. The van der Waals surface area contributed by atoms with Crippen LogP contribution in [0.25, 0.3) is 0 Å². The number of nitrogens with one attached hydrogen (secondary N) is 1. The van der Waals surface area contributed by atoms with Crippen molar-refractivity contribution in [2.75, 3.05) is 13.2 Å². The Bertz CT molecular complexity index is 159. The molecule has 0 aromatic carbocycles. The van der Waals surface area contributed by atoms with E-state index < -0.39 is 0 Å². The maximum absolute atomic E-state index is 10.7. The summed E-state index contributed by atoms with van der Waals surface area (Å²) in [7, 11) is 0. The summed E-state index contributed by atoms with van der Waals surface area (Å²) in [5.74, 6) is -0.167. The Kier molecular flexibility index (Phi) is 1.35. The van der Waals surface area contributed by atoms with E-state index in [1.54, 1.807) is 0 Å². The Morgan fingerprint density at radius 1 is 1.60 bits per heavy atom. The van der Waals surface area contributed by atoms with Crippen LogP contribution in [0.1, 0.15) is 6.42 Å². The first kappa shape index (κ1) is 6.12. The monoisotopic (exact) mass is 143 g/mol. The molecule has 2 aliphatic heterocycles. The van der Waals surface area contributed by atoms with Crippen molar-refractivity contribution in [3.05, 3.63) is 0 Å². The van der Waals surface area contributed by atoms with Gasteiger partial charge in [0.05, 0.1) is 6.42 Å². The first-order valence-electron chi connectivity index (χ1n) is 3.39. The molecule has 0 amide bonds. The van der Waals surface area contributed by atoms with E-state index in [2.05, 4.69) is 5.32 Å². The average Bonchev–Trinajstić information content (AvgIpc) is 2.22. The summed E-state index contributed by atoms with van der Waals surface area (Å²) >= 11 is 0. The molecule has 0 radical (unpaired) electrons. The Morgan fingerprint density at radius 2 is 2.50 bits per heavy atom. The highest BCUT2D eigenvalue weighted by Gasteiger charge is 2.31. The Hall–Kier alpha value is -0.610. The van der Waals surface area contributed by atoms with Gasteiger partial charge in [-0.3, -0.25) is 10.1 Å². The zero-order valence-corrected chi connectivity index (χ0v) is 5.50. The second-order valence-corrected chi connectivity index (χ2v) is 2.54. The van der Waals surface area contributed by atoms with Crippen LogP contribution in [0.5, 0.6) is 0 Å². The van der Waals surface area contributed by atoms with Crippen LogP contribution < -0.4 is 5.32 Å². The minimum atomic E-state index is -0.167. The van der Waals surface area contributed by atoms with Gasteiger partial charge in [-0.1, -0.05) is 0 Å². The molecule has 2 fully saturated rings. The molecule has 0 aromatic heterocycles. The number of carbonyl (C=O) groups is 1. The van der Waals surface area contributed by atoms with Gasteiger partial charge >= 0.3 is 5.97 Å². The molecule has 2 atom stereocenters. The topological polar surface area (TPSA) is 47.6 Å². The van der Waals surface area contributed by atoms with E-state index in [0.717, 1.165) is 6.54 Å². The number of esters is 1. The maximum atomic E-state index is 10.7. The van der Waals surface area contributed by atoms with E-state index in [4.69, 9.17) is 9.47 Å². The summed E-state index contributed by atoms with van der Waals surface area (Å²) in [5, 5.41) is 3.07. The molecule has 2 aliphatic rings. The van der Waals surface area contributed by atoms with Crippen molar-refractivity contribution in [2.24, 2.45) is 0 Å². The number of rotatable bonds is 0. The molecule has 2 bridgehead atoms. The number of hydrogen-bond acceptors (Lipinski definition) is 4. The summed E-state index contributed by atoms with van der Waals surface area (Å²) in [6, 6.07) is 0. The van der Waals surface area contributed by atoms with Crippen LogP contribution in [0.3, 0.4) is 0 Å². The quantitative estimate of drug-likeness (QED) is 0.453. The molecule has 0 unspecified atom stereocenters. The van der Waals surface area contributed by atoms with Crippen molar-refractivity contribution in [1.29, 1.82) is 0 Å². The number of cyclic esters (lactones) is 1. The molecular weight excluding hydrogens is 134 g/mol. The minimum absolute atomic E-state index is 0.0800. The Labute approximate surface area is 58.5 Å². The average molecular weight is 143 g/mol. The second kappa shape index (κ2) is 2.21. The van der Waals surface area contributed by atoms with E-state index >= 15 is 0 Å². The minimum Gasteiger partial charge on any atom is -0.463 e. The zero-order valence-electron chi connectivity index (χ0n) is 5.50. The summed E-state index contributed by atoms with van der Waals surface area (Å²) in [6.07, 6.45) is 0.327. The van der Waals surface area contributed by atoms with Gasteiger partial charge in [0.1, 0.15) is 18.9 Å². The first-order valence-corrected chi connectivity index (χ1v) is 3.39. The first-order chi connectivity index (χ1) is 4.84. The normalized spacial score (nSPS) is 39.0. The van der Waals surface area contributed by atoms with E-state index in [-0.39, 0.29) is 18.3 Å². The van der Waals surface area contributed by atoms with Crippen LogP contribution in [0, 0.1) is 0 Å². The number of ether oxygens (including phenoxy) is 2. The summed E-state index contributed by atoms with van der Waals surface area (Å²) in [6.45, 7) is 1.21. The molecule has 0 saturated carbocycles. The van der Waals surface area contributed by atoms with Crippen molar-refractivity contribution in [1.82, 2.24) is 5.32 Å².